The minimum absolute atomic E-state index is 0.108. The summed E-state index contributed by atoms with van der Waals surface area (Å²) < 4.78 is 0. The average molecular weight is 229 g/mol. The molecule has 0 aliphatic carbocycles. The maximum Gasteiger partial charge on any atom is 0.256 e. The Bertz CT molecular complexity index is 524. The van der Waals surface area contributed by atoms with Crippen molar-refractivity contribution in [2.45, 2.75) is 13.0 Å². The molecule has 1 atom stereocenters. The lowest BCUT2D eigenvalue weighted by atomic mass is 10.2. The van der Waals surface area contributed by atoms with Gasteiger partial charge in [-0.1, -0.05) is 18.2 Å². The number of amides is 2. The Labute approximate surface area is 98.3 Å². The standard InChI is InChI=1S/C12H11N3O2/c1-8-11(17)15(9-5-3-2-4-6-9)12-13-7-10(16)14(8)12/h2-6,8H,7H2,1H3. The van der Waals surface area contributed by atoms with Crippen LogP contribution in [0, 0.1) is 0 Å². The van der Waals surface area contributed by atoms with Crippen LogP contribution in [0.5, 0.6) is 0 Å². The number of hydrogen-bond donors (Lipinski definition) is 0. The first kappa shape index (κ1) is 10.0. The smallest absolute Gasteiger partial charge is 0.256 e. The van der Waals surface area contributed by atoms with Crippen LogP contribution in [0.2, 0.25) is 0 Å². The first-order chi connectivity index (χ1) is 8.20. The third-order valence-electron chi connectivity index (χ3n) is 3.02. The third kappa shape index (κ3) is 1.28. The molecule has 5 heteroatoms. The lowest BCUT2D eigenvalue weighted by molar-refractivity contribution is -0.130. The Morgan fingerprint density at radius 3 is 2.65 bits per heavy atom. The third-order valence-corrected chi connectivity index (χ3v) is 3.02. The highest BCUT2D eigenvalue weighted by Crippen LogP contribution is 2.27. The predicted octanol–water partition coefficient (Wildman–Crippen LogP) is 0.620. The zero-order valence-corrected chi connectivity index (χ0v) is 9.33. The van der Waals surface area contributed by atoms with Crippen LogP contribution in [-0.4, -0.2) is 35.3 Å². The molecule has 1 saturated heterocycles. The van der Waals surface area contributed by atoms with Crippen LogP contribution in [0.4, 0.5) is 5.69 Å². The first-order valence-electron chi connectivity index (χ1n) is 5.45. The van der Waals surface area contributed by atoms with Crippen molar-refractivity contribution in [2.24, 2.45) is 4.99 Å². The van der Waals surface area contributed by atoms with Crippen LogP contribution in [0.25, 0.3) is 0 Å². The van der Waals surface area contributed by atoms with Crippen molar-refractivity contribution in [3.63, 3.8) is 0 Å². The number of guanidine groups is 1. The van der Waals surface area contributed by atoms with E-state index < -0.39 is 6.04 Å². The maximum atomic E-state index is 12.1. The van der Waals surface area contributed by atoms with Gasteiger partial charge < -0.3 is 0 Å². The van der Waals surface area contributed by atoms with E-state index in [9.17, 15) is 9.59 Å². The molecule has 1 aromatic rings. The van der Waals surface area contributed by atoms with Gasteiger partial charge in [-0.15, -0.1) is 0 Å². The van der Waals surface area contributed by atoms with Gasteiger partial charge in [0.2, 0.25) is 5.96 Å². The first-order valence-corrected chi connectivity index (χ1v) is 5.45. The van der Waals surface area contributed by atoms with Crippen molar-refractivity contribution in [1.29, 1.82) is 0 Å². The lowest BCUT2D eigenvalue weighted by Crippen LogP contribution is -2.36. The molecule has 1 aromatic carbocycles. The Morgan fingerprint density at radius 1 is 1.24 bits per heavy atom. The van der Waals surface area contributed by atoms with Gasteiger partial charge in [-0.2, -0.15) is 0 Å². The summed E-state index contributed by atoms with van der Waals surface area (Å²) in [6, 6.07) is 8.80. The Balaban J connectivity index is 2.07. The molecule has 5 nitrogen and oxygen atoms in total. The molecule has 17 heavy (non-hydrogen) atoms. The molecule has 1 fully saturated rings. The highest BCUT2D eigenvalue weighted by Gasteiger charge is 2.47. The molecule has 1 unspecified atom stereocenters. The SMILES string of the molecule is CC1C(=O)N(c2ccccc2)C2=NCC(=O)N21. The molecule has 2 aliphatic rings. The Kier molecular flexibility index (Phi) is 2.01. The molecule has 0 N–H and O–H groups in total. The van der Waals surface area contributed by atoms with Crippen LogP contribution in [0.1, 0.15) is 6.92 Å². The van der Waals surface area contributed by atoms with Gasteiger partial charge in [0.1, 0.15) is 12.6 Å². The fraction of sp³-hybridized carbons (Fsp3) is 0.250. The van der Waals surface area contributed by atoms with Gasteiger partial charge in [0.25, 0.3) is 11.8 Å². The van der Waals surface area contributed by atoms with E-state index in [2.05, 4.69) is 4.99 Å². The average Bonchev–Trinajstić information content (AvgIpc) is 2.82. The van der Waals surface area contributed by atoms with Gasteiger partial charge in [-0.3, -0.25) is 14.5 Å². The quantitative estimate of drug-likeness (QED) is 0.708. The number of carbonyl (C=O) groups excluding carboxylic acids is 2. The van der Waals surface area contributed by atoms with E-state index >= 15 is 0 Å². The molecule has 0 saturated carbocycles. The van der Waals surface area contributed by atoms with E-state index in [0.717, 1.165) is 5.69 Å². The van der Waals surface area contributed by atoms with Gasteiger partial charge in [0, 0.05) is 0 Å². The molecule has 0 aromatic heterocycles. The highest BCUT2D eigenvalue weighted by atomic mass is 16.2. The van der Waals surface area contributed by atoms with E-state index in [1.54, 1.807) is 6.92 Å². The molecule has 2 heterocycles. The Hall–Kier alpha value is -2.17. The van der Waals surface area contributed by atoms with Gasteiger partial charge in [-0.05, 0) is 19.1 Å². The zero-order chi connectivity index (χ0) is 12.0. The number of fused-ring (bicyclic) bond motifs is 1. The van der Waals surface area contributed by atoms with Crippen LogP contribution < -0.4 is 4.90 Å². The monoisotopic (exact) mass is 229 g/mol. The minimum atomic E-state index is -0.455. The second kappa shape index (κ2) is 3.41. The van der Waals surface area contributed by atoms with Gasteiger partial charge >= 0.3 is 0 Å². The number of hydrogen-bond acceptors (Lipinski definition) is 3. The number of para-hydroxylation sites is 1. The van der Waals surface area contributed by atoms with Crippen molar-refractivity contribution < 1.29 is 9.59 Å². The predicted molar refractivity (Wildman–Crippen MR) is 62.5 cm³/mol. The molecule has 2 amide bonds. The van der Waals surface area contributed by atoms with Gasteiger partial charge in [0.05, 0.1) is 5.69 Å². The summed E-state index contributed by atoms with van der Waals surface area (Å²) in [6.45, 7) is 1.86. The highest BCUT2D eigenvalue weighted by molar-refractivity contribution is 6.29. The van der Waals surface area contributed by atoms with Crippen molar-refractivity contribution in [3.8, 4) is 0 Å². The van der Waals surface area contributed by atoms with Crippen LogP contribution in [0.15, 0.2) is 35.3 Å². The van der Waals surface area contributed by atoms with Crippen molar-refractivity contribution >= 4 is 23.5 Å². The summed E-state index contributed by atoms with van der Waals surface area (Å²) in [5.41, 5.74) is 0.750. The Morgan fingerprint density at radius 2 is 1.94 bits per heavy atom. The number of nitrogens with zero attached hydrogens (tertiary/aromatic N) is 3. The van der Waals surface area contributed by atoms with E-state index in [4.69, 9.17) is 0 Å². The number of anilines is 1. The summed E-state index contributed by atoms with van der Waals surface area (Å²) in [5, 5.41) is 0. The molecule has 3 rings (SSSR count). The number of rotatable bonds is 1. The van der Waals surface area contributed by atoms with Crippen molar-refractivity contribution in [2.75, 3.05) is 11.4 Å². The van der Waals surface area contributed by atoms with Gasteiger partial charge in [0.15, 0.2) is 0 Å². The number of benzene rings is 1. The fourth-order valence-corrected chi connectivity index (χ4v) is 2.19. The number of carbonyl (C=O) groups is 2. The minimum Gasteiger partial charge on any atom is -0.272 e. The van der Waals surface area contributed by atoms with Crippen LogP contribution >= 0.6 is 0 Å². The topological polar surface area (TPSA) is 53.0 Å². The van der Waals surface area contributed by atoms with E-state index in [1.165, 1.54) is 9.80 Å². The van der Waals surface area contributed by atoms with Crippen molar-refractivity contribution in [3.05, 3.63) is 30.3 Å². The van der Waals surface area contributed by atoms with Crippen LogP contribution in [0.3, 0.4) is 0 Å². The summed E-state index contributed by atoms with van der Waals surface area (Å²) in [7, 11) is 0. The summed E-state index contributed by atoms with van der Waals surface area (Å²) in [4.78, 5) is 30.8. The normalized spacial score (nSPS) is 23.1. The fourth-order valence-electron chi connectivity index (χ4n) is 2.19. The molecule has 0 radical (unpaired) electrons. The molecular formula is C12H11N3O2. The summed E-state index contributed by atoms with van der Waals surface area (Å²) >= 11 is 0. The van der Waals surface area contributed by atoms with E-state index in [-0.39, 0.29) is 18.4 Å². The second-order valence-corrected chi connectivity index (χ2v) is 4.07. The summed E-state index contributed by atoms with van der Waals surface area (Å²) in [6.07, 6.45) is 0. The summed E-state index contributed by atoms with van der Waals surface area (Å²) in [5.74, 6) is 0.237. The molecule has 2 aliphatic heterocycles. The van der Waals surface area contributed by atoms with Crippen molar-refractivity contribution in [1.82, 2.24) is 4.90 Å². The van der Waals surface area contributed by atoms with Crippen LogP contribution in [-0.2, 0) is 9.59 Å². The second-order valence-electron chi connectivity index (χ2n) is 4.07. The van der Waals surface area contributed by atoms with E-state index in [1.807, 2.05) is 30.3 Å². The molecule has 86 valence electrons. The maximum absolute atomic E-state index is 12.1. The largest absolute Gasteiger partial charge is 0.272 e. The zero-order valence-electron chi connectivity index (χ0n) is 9.33. The molecular weight excluding hydrogens is 218 g/mol. The number of aliphatic imine (C=N–C) groups is 1. The molecule has 0 spiro atoms. The van der Waals surface area contributed by atoms with E-state index in [0.29, 0.717) is 5.96 Å². The lowest BCUT2D eigenvalue weighted by Gasteiger charge is -2.15. The molecule has 0 bridgehead atoms. The van der Waals surface area contributed by atoms with Gasteiger partial charge in [-0.25, -0.2) is 9.89 Å².